The molecule has 0 aliphatic rings. The molecule has 0 radical (unpaired) electrons. The van der Waals surface area contributed by atoms with E-state index in [0.717, 1.165) is 25.2 Å². The molecular weight excluding hydrogens is 297 g/mol. The van der Waals surface area contributed by atoms with Crippen LogP contribution in [0.2, 0.25) is 0 Å². The molecule has 0 fully saturated rings. The number of nitrogens with one attached hydrogen (secondary N) is 2. The second-order valence-corrected chi connectivity index (χ2v) is 4.69. The lowest BCUT2D eigenvalue weighted by molar-refractivity contribution is -0.116. The van der Waals surface area contributed by atoms with E-state index in [9.17, 15) is 4.79 Å². The van der Waals surface area contributed by atoms with Crippen molar-refractivity contribution >= 4 is 36.4 Å². The summed E-state index contributed by atoms with van der Waals surface area (Å²) in [6.45, 7) is 1.75. The Hall–Kier alpha value is -0.810. The quantitative estimate of drug-likeness (QED) is 0.758. The molecule has 0 spiro atoms. The Kier molecular flexibility index (Phi) is 12.9. The van der Waals surface area contributed by atoms with Gasteiger partial charge in [-0.1, -0.05) is 12.1 Å². The van der Waals surface area contributed by atoms with E-state index in [1.807, 2.05) is 39.3 Å². The van der Waals surface area contributed by atoms with Crippen LogP contribution < -0.4 is 10.6 Å². The molecule has 2 N–H and O–H groups in total. The van der Waals surface area contributed by atoms with Gasteiger partial charge in [-0.2, -0.15) is 0 Å². The summed E-state index contributed by atoms with van der Waals surface area (Å²) < 4.78 is 0. The molecule has 6 heteroatoms. The van der Waals surface area contributed by atoms with E-state index >= 15 is 0 Å². The monoisotopic (exact) mass is 321 g/mol. The summed E-state index contributed by atoms with van der Waals surface area (Å²) in [5, 5.41) is 5.96. The Morgan fingerprint density at radius 1 is 1.25 bits per heavy atom. The zero-order valence-corrected chi connectivity index (χ0v) is 13.9. The molecule has 0 aromatic heterocycles. The molecular formula is C14H25Cl2N3O. The van der Waals surface area contributed by atoms with E-state index in [0.29, 0.717) is 6.42 Å². The van der Waals surface area contributed by atoms with Gasteiger partial charge in [0.2, 0.25) is 5.91 Å². The predicted octanol–water partition coefficient (Wildman–Crippen LogP) is 2.53. The SMILES string of the molecule is CNCCCC(=O)Nc1cccc(CN(C)C)c1.Cl.Cl. The molecule has 0 heterocycles. The highest BCUT2D eigenvalue weighted by atomic mass is 35.5. The van der Waals surface area contributed by atoms with Crippen molar-refractivity contribution < 1.29 is 4.79 Å². The van der Waals surface area contributed by atoms with E-state index in [1.54, 1.807) is 0 Å². The van der Waals surface area contributed by atoms with Crippen molar-refractivity contribution in [1.82, 2.24) is 10.2 Å². The van der Waals surface area contributed by atoms with Gasteiger partial charge in [0.1, 0.15) is 0 Å². The molecule has 0 atom stereocenters. The Morgan fingerprint density at radius 3 is 2.55 bits per heavy atom. The number of halogens is 2. The van der Waals surface area contributed by atoms with Crippen molar-refractivity contribution in [3.63, 3.8) is 0 Å². The van der Waals surface area contributed by atoms with Crippen molar-refractivity contribution in [2.24, 2.45) is 0 Å². The van der Waals surface area contributed by atoms with Crippen LogP contribution in [-0.2, 0) is 11.3 Å². The minimum absolute atomic E-state index is 0. The van der Waals surface area contributed by atoms with Crippen LogP contribution in [0.1, 0.15) is 18.4 Å². The minimum Gasteiger partial charge on any atom is -0.326 e. The minimum atomic E-state index is 0. The number of amides is 1. The maximum absolute atomic E-state index is 11.7. The molecule has 0 unspecified atom stereocenters. The first-order valence-electron chi connectivity index (χ1n) is 6.30. The molecule has 1 aromatic carbocycles. The molecule has 0 saturated carbocycles. The van der Waals surface area contributed by atoms with Crippen LogP contribution in [0.5, 0.6) is 0 Å². The van der Waals surface area contributed by atoms with Crippen LogP contribution in [-0.4, -0.2) is 38.5 Å². The second-order valence-electron chi connectivity index (χ2n) is 4.69. The van der Waals surface area contributed by atoms with Crippen molar-refractivity contribution in [3.05, 3.63) is 29.8 Å². The molecule has 116 valence electrons. The number of anilines is 1. The summed E-state index contributed by atoms with van der Waals surface area (Å²) in [6, 6.07) is 7.99. The van der Waals surface area contributed by atoms with Crippen molar-refractivity contribution in [2.45, 2.75) is 19.4 Å². The average molecular weight is 322 g/mol. The van der Waals surface area contributed by atoms with Gasteiger partial charge in [0, 0.05) is 18.7 Å². The molecule has 4 nitrogen and oxygen atoms in total. The second kappa shape index (κ2) is 12.0. The summed E-state index contributed by atoms with van der Waals surface area (Å²) in [5.41, 5.74) is 2.08. The van der Waals surface area contributed by atoms with Gasteiger partial charge in [0.25, 0.3) is 0 Å². The normalized spacial score (nSPS) is 9.60. The fourth-order valence-corrected chi connectivity index (χ4v) is 1.76. The van der Waals surface area contributed by atoms with Crippen LogP contribution in [0, 0.1) is 0 Å². The maximum atomic E-state index is 11.7. The zero-order chi connectivity index (χ0) is 13.4. The Balaban J connectivity index is 0. The van der Waals surface area contributed by atoms with Crippen molar-refractivity contribution in [3.8, 4) is 0 Å². The standard InChI is InChI=1S/C14H23N3O.2ClH/c1-15-9-5-8-14(18)16-13-7-4-6-12(10-13)11-17(2)3;;/h4,6-7,10,15H,5,8-9,11H2,1-3H3,(H,16,18);2*1H. The lowest BCUT2D eigenvalue weighted by atomic mass is 10.2. The summed E-state index contributed by atoms with van der Waals surface area (Å²) in [7, 11) is 5.95. The van der Waals surface area contributed by atoms with E-state index in [1.165, 1.54) is 5.56 Å². The third-order valence-electron chi connectivity index (χ3n) is 2.54. The van der Waals surface area contributed by atoms with Gasteiger partial charge in [-0.25, -0.2) is 0 Å². The Morgan fingerprint density at radius 2 is 1.95 bits per heavy atom. The number of benzene rings is 1. The lowest BCUT2D eigenvalue weighted by Crippen LogP contribution is -2.15. The van der Waals surface area contributed by atoms with Gasteiger partial charge in [0.05, 0.1) is 0 Å². The van der Waals surface area contributed by atoms with Crippen LogP contribution in [0.25, 0.3) is 0 Å². The fraction of sp³-hybridized carbons (Fsp3) is 0.500. The molecule has 0 saturated heterocycles. The molecule has 20 heavy (non-hydrogen) atoms. The van der Waals surface area contributed by atoms with Crippen molar-refractivity contribution in [2.75, 3.05) is 33.0 Å². The summed E-state index contributed by atoms with van der Waals surface area (Å²) in [6.07, 6.45) is 1.42. The van der Waals surface area contributed by atoms with Crippen LogP contribution in [0.3, 0.4) is 0 Å². The van der Waals surface area contributed by atoms with Gasteiger partial charge in [0.15, 0.2) is 0 Å². The highest BCUT2D eigenvalue weighted by molar-refractivity contribution is 5.90. The zero-order valence-electron chi connectivity index (χ0n) is 12.3. The smallest absolute Gasteiger partial charge is 0.224 e. The van der Waals surface area contributed by atoms with E-state index in [-0.39, 0.29) is 30.7 Å². The number of rotatable bonds is 7. The summed E-state index contributed by atoms with van der Waals surface area (Å²) in [5.74, 6) is 0.0762. The Labute approximate surface area is 134 Å². The summed E-state index contributed by atoms with van der Waals surface area (Å²) >= 11 is 0. The van der Waals surface area contributed by atoms with E-state index in [2.05, 4.69) is 21.6 Å². The first kappa shape index (κ1) is 21.5. The molecule has 0 aliphatic carbocycles. The van der Waals surface area contributed by atoms with Crippen LogP contribution in [0.15, 0.2) is 24.3 Å². The highest BCUT2D eigenvalue weighted by Gasteiger charge is 2.03. The lowest BCUT2D eigenvalue weighted by Gasteiger charge is -2.11. The maximum Gasteiger partial charge on any atom is 0.224 e. The van der Waals surface area contributed by atoms with Crippen molar-refractivity contribution in [1.29, 1.82) is 0 Å². The van der Waals surface area contributed by atoms with Gasteiger partial charge in [-0.05, 0) is 51.8 Å². The Bertz CT molecular complexity index is 386. The predicted molar refractivity (Wildman–Crippen MR) is 90.1 cm³/mol. The topological polar surface area (TPSA) is 44.4 Å². The van der Waals surface area contributed by atoms with Gasteiger partial charge >= 0.3 is 0 Å². The third kappa shape index (κ3) is 9.15. The fourth-order valence-electron chi connectivity index (χ4n) is 1.76. The van der Waals surface area contributed by atoms with E-state index in [4.69, 9.17) is 0 Å². The molecule has 1 amide bonds. The van der Waals surface area contributed by atoms with Crippen LogP contribution in [0.4, 0.5) is 5.69 Å². The average Bonchev–Trinajstić information content (AvgIpc) is 2.28. The highest BCUT2D eigenvalue weighted by Crippen LogP contribution is 2.12. The third-order valence-corrected chi connectivity index (χ3v) is 2.54. The molecule has 1 rings (SSSR count). The molecule has 1 aromatic rings. The number of hydrogen-bond acceptors (Lipinski definition) is 3. The summed E-state index contributed by atoms with van der Waals surface area (Å²) in [4.78, 5) is 13.8. The number of hydrogen-bond donors (Lipinski definition) is 2. The van der Waals surface area contributed by atoms with Gasteiger partial charge in [-0.3, -0.25) is 4.79 Å². The first-order valence-corrected chi connectivity index (χ1v) is 6.30. The number of carbonyl (C=O) groups is 1. The largest absolute Gasteiger partial charge is 0.326 e. The van der Waals surface area contributed by atoms with Crippen LogP contribution >= 0.6 is 24.8 Å². The molecule has 0 aliphatic heterocycles. The van der Waals surface area contributed by atoms with Gasteiger partial charge in [-0.15, -0.1) is 24.8 Å². The molecule has 0 bridgehead atoms. The first-order chi connectivity index (χ1) is 8.61. The van der Waals surface area contributed by atoms with Gasteiger partial charge < -0.3 is 15.5 Å². The number of carbonyl (C=O) groups excluding carboxylic acids is 1. The van der Waals surface area contributed by atoms with E-state index < -0.39 is 0 Å². The number of nitrogens with zero attached hydrogens (tertiary/aromatic N) is 1.